The van der Waals surface area contributed by atoms with Crippen LogP contribution in [0.15, 0.2) is 29.6 Å². The number of benzene rings is 1. The lowest BCUT2D eigenvalue weighted by molar-refractivity contribution is 0.414. The second kappa shape index (κ2) is 6.92. The van der Waals surface area contributed by atoms with Gasteiger partial charge in [0.2, 0.25) is 0 Å². The van der Waals surface area contributed by atoms with E-state index in [1.165, 1.54) is 8.45 Å². The zero-order chi connectivity index (χ0) is 13.8. The molecule has 0 saturated carbocycles. The molecule has 1 N–H and O–H groups in total. The lowest BCUT2D eigenvalue weighted by Gasteiger charge is -2.19. The van der Waals surface area contributed by atoms with Crippen molar-refractivity contribution in [3.05, 3.63) is 48.7 Å². The lowest BCUT2D eigenvalue weighted by Crippen LogP contribution is -2.21. The zero-order valence-corrected chi connectivity index (χ0v) is 14.5. The Bertz CT molecular complexity index is 558. The second-order valence-corrected chi connectivity index (χ2v) is 7.27. The predicted molar refractivity (Wildman–Crippen MR) is 90.6 cm³/mol. The van der Waals surface area contributed by atoms with Crippen LogP contribution in [-0.2, 0) is 0 Å². The van der Waals surface area contributed by atoms with Gasteiger partial charge < -0.3 is 10.1 Å². The Balaban J connectivity index is 2.39. The van der Waals surface area contributed by atoms with Gasteiger partial charge in [-0.2, -0.15) is 0 Å². The maximum atomic E-state index is 6.38. The van der Waals surface area contributed by atoms with E-state index in [1.54, 1.807) is 18.4 Å². The number of nitrogens with one attached hydrogen (secondary N) is 1. The molecular formula is C14H15ClINOS. The molecule has 0 amide bonds. The smallest absolute Gasteiger partial charge is 0.120 e. The molecule has 19 heavy (non-hydrogen) atoms. The predicted octanol–water partition coefficient (Wildman–Crippen LogP) is 4.71. The molecular weight excluding hydrogens is 393 g/mol. The molecule has 5 heteroatoms. The fourth-order valence-electron chi connectivity index (χ4n) is 1.96. The number of rotatable bonds is 5. The SMILES string of the molecule is CCNC(c1csc(I)c1)c1ccc(OC)cc1Cl. The molecule has 1 aromatic heterocycles. The van der Waals surface area contributed by atoms with Crippen molar-refractivity contribution < 1.29 is 4.74 Å². The summed E-state index contributed by atoms with van der Waals surface area (Å²) in [5, 5.41) is 6.39. The molecule has 0 saturated heterocycles. The minimum Gasteiger partial charge on any atom is -0.497 e. The molecule has 0 fully saturated rings. The first-order chi connectivity index (χ1) is 9.15. The van der Waals surface area contributed by atoms with Crippen LogP contribution in [0.1, 0.15) is 24.1 Å². The Labute approximate surface area is 136 Å². The molecule has 0 aliphatic rings. The van der Waals surface area contributed by atoms with E-state index in [0.29, 0.717) is 0 Å². The number of thiophene rings is 1. The third-order valence-electron chi connectivity index (χ3n) is 2.85. The van der Waals surface area contributed by atoms with E-state index < -0.39 is 0 Å². The normalized spacial score (nSPS) is 12.4. The largest absolute Gasteiger partial charge is 0.497 e. The monoisotopic (exact) mass is 407 g/mol. The van der Waals surface area contributed by atoms with Gasteiger partial charge >= 0.3 is 0 Å². The van der Waals surface area contributed by atoms with Crippen molar-refractivity contribution in [1.82, 2.24) is 5.32 Å². The maximum Gasteiger partial charge on any atom is 0.120 e. The molecule has 102 valence electrons. The molecule has 1 aromatic carbocycles. The summed E-state index contributed by atoms with van der Waals surface area (Å²) in [6.07, 6.45) is 0. The summed E-state index contributed by atoms with van der Waals surface area (Å²) in [7, 11) is 1.65. The highest BCUT2D eigenvalue weighted by Gasteiger charge is 2.17. The van der Waals surface area contributed by atoms with Crippen molar-refractivity contribution in [1.29, 1.82) is 0 Å². The van der Waals surface area contributed by atoms with Crippen LogP contribution in [0.2, 0.25) is 5.02 Å². The highest BCUT2D eigenvalue weighted by Crippen LogP contribution is 2.33. The van der Waals surface area contributed by atoms with Crippen LogP contribution in [0.3, 0.4) is 0 Å². The Morgan fingerprint density at radius 2 is 2.21 bits per heavy atom. The standard InChI is InChI=1S/C14H15ClINOS/c1-3-17-14(9-6-13(16)19-8-9)11-5-4-10(18-2)7-12(11)15/h4-8,14,17H,3H2,1-2H3. The molecule has 0 aliphatic carbocycles. The van der Waals surface area contributed by atoms with Crippen molar-refractivity contribution in [2.45, 2.75) is 13.0 Å². The van der Waals surface area contributed by atoms with Crippen molar-refractivity contribution in [3.63, 3.8) is 0 Å². The van der Waals surface area contributed by atoms with Crippen molar-refractivity contribution in [2.24, 2.45) is 0 Å². The fraction of sp³-hybridized carbons (Fsp3) is 0.286. The van der Waals surface area contributed by atoms with Crippen molar-refractivity contribution in [3.8, 4) is 5.75 Å². The van der Waals surface area contributed by atoms with Gasteiger partial charge in [-0.15, -0.1) is 11.3 Å². The molecule has 2 aromatic rings. The first-order valence-corrected chi connectivity index (χ1v) is 8.30. The minimum atomic E-state index is 0.128. The first-order valence-electron chi connectivity index (χ1n) is 5.96. The highest BCUT2D eigenvalue weighted by atomic mass is 127. The van der Waals surface area contributed by atoms with E-state index >= 15 is 0 Å². The summed E-state index contributed by atoms with van der Waals surface area (Å²) < 4.78 is 6.47. The van der Waals surface area contributed by atoms with Gasteiger partial charge in [0.25, 0.3) is 0 Å². The van der Waals surface area contributed by atoms with E-state index in [9.17, 15) is 0 Å². The van der Waals surface area contributed by atoms with Crippen molar-refractivity contribution in [2.75, 3.05) is 13.7 Å². The third-order valence-corrected chi connectivity index (χ3v) is 4.98. The third kappa shape index (κ3) is 3.62. The number of methoxy groups -OCH3 is 1. The first kappa shape index (κ1) is 15.1. The summed E-state index contributed by atoms with van der Waals surface area (Å²) in [4.78, 5) is 0. The number of hydrogen-bond acceptors (Lipinski definition) is 3. The number of hydrogen-bond donors (Lipinski definition) is 1. The topological polar surface area (TPSA) is 21.3 Å². The van der Waals surface area contributed by atoms with Crippen LogP contribution >= 0.6 is 45.5 Å². The van der Waals surface area contributed by atoms with Gasteiger partial charge in [-0.05, 0) is 63.8 Å². The quantitative estimate of drug-likeness (QED) is 0.725. The molecule has 1 unspecified atom stereocenters. The van der Waals surface area contributed by atoms with E-state index in [0.717, 1.165) is 22.9 Å². The average Bonchev–Trinajstić information content (AvgIpc) is 2.83. The van der Waals surface area contributed by atoms with Gasteiger partial charge in [-0.3, -0.25) is 0 Å². The van der Waals surface area contributed by atoms with E-state index in [-0.39, 0.29) is 6.04 Å². The average molecular weight is 408 g/mol. The molecule has 0 bridgehead atoms. The van der Waals surface area contributed by atoms with Gasteiger partial charge in [0.05, 0.1) is 16.0 Å². The molecule has 2 nitrogen and oxygen atoms in total. The van der Waals surface area contributed by atoms with Gasteiger partial charge in [0, 0.05) is 5.02 Å². The molecule has 0 aliphatic heterocycles. The van der Waals surface area contributed by atoms with Gasteiger partial charge in [0.15, 0.2) is 0 Å². The van der Waals surface area contributed by atoms with Crippen LogP contribution in [0.4, 0.5) is 0 Å². The summed E-state index contributed by atoms with van der Waals surface area (Å²) >= 11 is 10.5. The summed E-state index contributed by atoms with van der Waals surface area (Å²) in [6, 6.07) is 8.16. The molecule has 1 atom stereocenters. The molecule has 1 heterocycles. The van der Waals surface area contributed by atoms with Crippen molar-refractivity contribution >= 4 is 45.5 Å². The van der Waals surface area contributed by atoms with Crippen LogP contribution in [0.25, 0.3) is 0 Å². The highest BCUT2D eigenvalue weighted by molar-refractivity contribution is 14.1. The van der Waals surface area contributed by atoms with Gasteiger partial charge in [0.1, 0.15) is 5.75 Å². The molecule has 0 radical (unpaired) electrons. The van der Waals surface area contributed by atoms with Crippen LogP contribution in [-0.4, -0.2) is 13.7 Å². The Kier molecular flexibility index (Phi) is 5.50. The maximum absolute atomic E-state index is 6.38. The summed E-state index contributed by atoms with van der Waals surface area (Å²) in [6.45, 7) is 2.99. The summed E-state index contributed by atoms with van der Waals surface area (Å²) in [5.41, 5.74) is 2.34. The second-order valence-electron chi connectivity index (χ2n) is 4.06. The number of ether oxygens (including phenoxy) is 1. The number of halogens is 2. The zero-order valence-electron chi connectivity index (χ0n) is 10.7. The Hall–Kier alpha value is -0.300. The molecule has 2 rings (SSSR count). The minimum absolute atomic E-state index is 0.128. The van der Waals surface area contributed by atoms with Gasteiger partial charge in [-0.1, -0.05) is 24.6 Å². The summed E-state index contributed by atoms with van der Waals surface area (Å²) in [5.74, 6) is 0.781. The van der Waals surface area contributed by atoms with Crippen LogP contribution in [0.5, 0.6) is 5.75 Å². The Morgan fingerprint density at radius 1 is 1.42 bits per heavy atom. The molecule has 0 spiro atoms. The Morgan fingerprint density at radius 3 is 2.74 bits per heavy atom. The van der Waals surface area contributed by atoms with E-state index in [2.05, 4.69) is 46.3 Å². The van der Waals surface area contributed by atoms with Gasteiger partial charge in [-0.25, -0.2) is 0 Å². The van der Waals surface area contributed by atoms with Crippen LogP contribution in [0, 0.1) is 2.88 Å². The van der Waals surface area contributed by atoms with Crippen LogP contribution < -0.4 is 10.1 Å². The van der Waals surface area contributed by atoms with E-state index in [4.69, 9.17) is 16.3 Å². The fourth-order valence-corrected chi connectivity index (χ4v) is 3.63. The van der Waals surface area contributed by atoms with E-state index in [1.807, 2.05) is 18.2 Å². The lowest BCUT2D eigenvalue weighted by atomic mass is 10.0.